The molecule has 6 heteroatoms. The molecule has 0 aliphatic heterocycles. The normalized spacial score (nSPS) is 11.4. The molecule has 0 aliphatic rings. The summed E-state index contributed by atoms with van der Waals surface area (Å²) in [7, 11) is 0. The third kappa shape index (κ3) is 6.23. The van der Waals surface area contributed by atoms with Crippen molar-refractivity contribution in [2.24, 2.45) is 0 Å². The van der Waals surface area contributed by atoms with Gasteiger partial charge in [0, 0.05) is 30.0 Å². The quantitative estimate of drug-likeness (QED) is 0.622. The highest BCUT2D eigenvalue weighted by molar-refractivity contribution is 7.80. The van der Waals surface area contributed by atoms with E-state index in [2.05, 4.69) is 36.3 Å². The second-order valence-electron chi connectivity index (χ2n) is 6.49. The van der Waals surface area contributed by atoms with E-state index in [9.17, 15) is 4.79 Å². The molecule has 0 aliphatic carbocycles. The van der Waals surface area contributed by atoms with E-state index in [1.54, 1.807) is 18.2 Å². The number of hydrogen-bond donors (Lipinski definition) is 2. The van der Waals surface area contributed by atoms with Gasteiger partial charge >= 0.3 is 0 Å². The molecule has 28 heavy (non-hydrogen) atoms. The lowest BCUT2D eigenvalue weighted by molar-refractivity contribution is 0.0977. The van der Waals surface area contributed by atoms with Crippen LogP contribution in [0.2, 0.25) is 0 Å². The molecule has 1 unspecified atom stereocenters. The van der Waals surface area contributed by atoms with Crippen molar-refractivity contribution >= 4 is 34.6 Å². The van der Waals surface area contributed by atoms with Crippen LogP contribution in [0.25, 0.3) is 0 Å². The Morgan fingerprint density at radius 1 is 1.11 bits per heavy atom. The molecule has 0 bridgehead atoms. The van der Waals surface area contributed by atoms with Crippen molar-refractivity contribution in [3.8, 4) is 5.75 Å². The summed E-state index contributed by atoms with van der Waals surface area (Å²) in [6.07, 6.45) is 0.998. The zero-order chi connectivity index (χ0) is 20.5. The first kappa shape index (κ1) is 21.7. The van der Waals surface area contributed by atoms with E-state index >= 15 is 0 Å². The van der Waals surface area contributed by atoms with E-state index in [1.165, 1.54) is 0 Å². The predicted octanol–water partition coefficient (Wildman–Crippen LogP) is 4.84. The number of rotatable bonds is 8. The molecule has 2 aromatic carbocycles. The number of carbonyl (C=O) groups is 1. The van der Waals surface area contributed by atoms with Crippen molar-refractivity contribution in [1.29, 1.82) is 0 Å². The molecule has 0 spiro atoms. The van der Waals surface area contributed by atoms with Crippen LogP contribution in [0.5, 0.6) is 5.75 Å². The molecule has 1 atom stereocenters. The van der Waals surface area contributed by atoms with E-state index in [4.69, 9.17) is 17.0 Å². The van der Waals surface area contributed by atoms with Crippen molar-refractivity contribution < 1.29 is 9.53 Å². The molecule has 2 aromatic rings. The summed E-state index contributed by atoms with van der Waals surface area (Å²) in [6.45, 7) is 10.2. The van der Waals surface area contributed by atoms with Crippen molar-refractivity contribution in [3.05, 3.63) is 54.1 Å². The molecule has 2 rings (SSSR count). The molecule has 0 fully saturated rings. The number of anilines is 2. The number of nitrogens with zero attached hydrogens (tertiary/aromatic N) is 1. The molecule has 5 nitrogen and oxygen atoms in total. The fourth-order valence-electron chi connectivity index (χ4n) is 2.71. The molecule has 0 saturated heterocycles. The van der Waals surface area contributed by atoms with Crippen molar-refractivity contribution in [1.82, 2.24) is 5.32 Å². The summed E-state index contributed by atoms with van der Waals surface area (Å²) in [4.78, 5) is 14.7. The summed E-state index contributed by atoms with van der Waals surface area (Å²) >= 11 is 5.28. The fraction of sp³-hybridized carbons (Fsp3) is 0.364. The minimum atomic E-state index is -0.271. The van der Waals surface area contributed by atoms with E-state index < -0.39 is 0 Å². The summed E-state index contributed by atoms with van der Waals surface area (Å²) in [5, 5.41) is 6.02. The molecule has 0 radical (unpaired) electrons. The molecule has 0 saturated carbocycles. The highest BCUT2D eigenvalue weighted by Gasteiger charge is 2.10. The van der Waals surface area contributed by atoms with Crippen molar-refractivity contribution in [3.63, 3.8) is 0 Å². The monoisotopic (exact) mass is 399 g/mol. The van der Waals surface area contributed by atoms with Crippen molar-refractivity contribution in [2.75, 3.05) is 23.3 Å². The first-order valence-electron chi connectivity index (χ1n) is 9.70. The smallest absolute Gasteiger partial charge is 0.257 e. The van der Waals surface area contributed by atoms with Crippen LogP contribution >= 0.6 is 12.2 Å². The van der Waals surface area contributed by atoms with Crippen LogP contribution in [0.3, 0.4) is 0 Å². The van der Waals surface area contributed by atoms with Gasteiger partial charge in [0.05, 0.1) is 6.10 Å². The third-order valence-electron chi connectivity index (χ3n) is 4.49. The molecule has 1 amide bonds. The van der Waals surface area contributed by atoms with Crippen LogP contribution < -0.4 is 20.3 Å². The number of nitrogens with one attached hydrogen (secondary N) is 2. The third-order valence-corrected chi connectivity index (χ3v) is 4.69. The van der Waals surface area contributed by atoms with Crippen LogP contribution in [0.15, 0.2) is 48.5 Å². The van der Waals surface area contributed by atoms with Gasteiger partial charge in [0.1, 0.15) is 5.75 Å². The minimum Gasteiger partial charge on any atom is -0.491 e. The Bertz CT molecular complexity index is 789. The highest BCUT2D eigenvalue weighted by Crippen LogP contribution is 2.18. The Hall–Kier alpha value is -2.60. The average molecular weight is 400 g/mol. The van der Waals surface area contributed by atoms with Gasteiger partial charge in [-0.15, -0.1) is 0 Å². The Kier molecular flexibility index (Phi) is 8.26. The zero-order valence-electron chi connectivity index (χ0n) is 17.0. The highest BCUT2D eigenvalue weighted by atomic mass is 32.1. The van der Waals surface area contributed by atoms with Gasteiger partial charge in [-0.1, -0.05) is 13.0 Å². The van der Waals surface area contributed by atoms with Crippen LogP contribution in [-0.2, 0) is 0 Å². The van der Waals surface area contributed by atoms with Gasteiger partial charge in [0.15, 0.2) is 5.11 Å². The van der Waals surface area contributed by atoms with Crippen LogP contribution in [0.4, 0.5) is 11.4 Å². The summed E-state index contributed by atoms with van der Waals surface area (Å²) in [5.41, 5.74) is 2.49. The zero-order valence-corrected chi connectivity index (χ0v) is 17.8. The van der Waals surface area contributed by atoms with Crippen LogP contribution in [0.1, 0.15) is 44.5 Å². The fourth-order valence-corrected chi connectivity index (χ4v) is 2.92. The Labute approximate surface area is 173 Å². The lowest BCUT2D eigenvalue weighted by Crippen LogP contribution is -2.34. The number of carbonyl (C=O) groups excluding carboxylic acids is 1. The SMILES string of the molecule is CCC(C)Oc1cccc(C(=O)NC(=S)Nc2ccc(N(CC)CC)cc2)c1. The lowest BCUT2D eigenvalue weighted by Gasteiger charge is -2.21. The molecular formula is C22H29N3O2S. The standard InChI is InChI=1S/C22H29N3O2S/c1-5-16(4)27-20-10-8-9-17(15-20)21(26)24-22(28)23-18-11-13-19(14-12-18)25(6-2)7-3/h8-16H,5-7H2,1-4H3,(H2,23,24,26,28). The molecule has 0 heterocycles. The van der Waals surface area contributed by atoms with E-state index in [1.807, 2.05) is 37.3 Å². The maximum atomic E-state index is 12.5. The maximum Gasteiger partial charge on any atom is 0.257 e. The second-order valence-corrected chi connectivity index (χ2v) is 6.90. The van der Waals surface area contributed by atoms with E-state index in [0.29, 0.717) is 11.3 Å². The van der Waals surface area contributed by atoms with Crippen LogP contribution in [-0.4, -0.2) is 30.2 Å². The van der Waals surface area contributed by atoms with Crippen molar-refractivity contribution in [2.45, 2.75) is 40.2 Å². The van der Waals surface area contributed by atoms with Gasteiger partial charge in [0.25, 0.3) is 5.91 Å². The van der Waals surface area contributed by atoms with Gasteiger partial charge in [-0.3, -0.25) is 10.1 Å². The number of amides is 1. The topological polar surface area (TPSA) is 53.6 Å². The largest absolute Gasteiger partial charge is 0.491 e. The number of thiocarbonyl (C=S) groups is 1. The van der Waals surface area contributed by atoms with E-state index in [-0.39, 0.29) is 17.1 Å². The van der Waals surface area contributed by atoms with Gasteiger partial charge in [-0.2, -0.15) is 0 Å². The molecular weight excluding hydrogens is 370 g/mol. The summed E-state index contributed by atoms with van der Waals surface area (Å²) in [5.74, 6) is 0.403. The molecule has 150 valence electrons. The predicted molar refractivity (Wildman–Crippen MR) is 121 cm³/mol. The average Bonchev–Trinajstić information content (AvgIpc) is 2.70. The van der Waals surface area contributed by atoms with Gasteiger partial charge < -0.3 is 15.0 Å². The Morgan fingerprint density at radius 3 is 2.39 bits per heavy atom. The van der Waals surface area contributed by atoms with Gasteiger partial charge in [-0.05, 0) is 81.9 Å². The first-order chi connectivity index (χ1) is 13.5. The number of ether oxygens (including phenoxy) is 1. The van der Waals surface area contributed by atoms with Gasteiger partial charge in [0.2, 0.25) is 0 Å². The second kappa shape index (κ2) is 10.7. The first-order valence-corrected chi connectivity index (χ1v) is 10.1. The number of hydrogen-bond acceptors (Lipinski definition) is 4. The van der Waals surface area contributed by atoms with E-state index in [0.717, 1.165) is 30.9 Å². The lowest BCUT2D eigenvalue weighted by atomic mass is 10.2. The maximum absolute atomic E-state index is 12.5. The Balaban J connectivity index is 1.95. The number of benzene rings is 2. The minimum absolute atomic E-state index is 0.0976. The summed E-state index contributed by atoms with van der Waals surface area (Å²) < 4.78 is 5.77. The molecule has 2 N–H and O–H groups in total. The van der Waals surface area contributed by atoms with Crippen LogP contribution in [0, 0.1) is 0 Å². The summed E-state index contributed by atoms with van der Waals surface area (Å²) in [6, 6.07) is 15.1. The van der Waals surface area contributed by atoms with Gasteiger partial charge in [-0.25, -0.2) is 0 Å². The molecule has 0 aromatic heterocycles. The Morgan fingerprint density at radius 2 is 1.79 bits per heavy atom.